The van der Waals surface area contributed by atoms with Crippen LogP contribution in [0.15, 0.2) is 120 Å². The molecule has 1 N–H and O–H groups in total. The largest absolute Gasteiger partial charge is 0.497 e. The van der Waals surface area contributed by atoms with E-state index in [1.165, 1.54) is 6.21 Å². The summed E-state index contributed by atoms with van der Waals surface area (Å²) >= 11 is 0. The predicted octanol–water partition coefficient (Wildman–Crippen LogP) is 6.74. The van der Waals surface area contributed by atoms with Crippen molar-refractivity contribution in [2.75, 3.05) is 19.0 Å². The summed E-state index contributed by atoms with van der Waals surface area (Å²) in [6.45, 7) is 0.119. The van der Waals surface area contributed by atoms with E-state index in [1.54, 1.807) is 7.11 Å². The first-order valence-electron chi connectivity index (χ1n) is 13.1. The normalized spacial score (nSPS) is 10.7. The van der Waals surface area contributed by atoms with Crippen molar-refractivity contribution < 1.29 is 14.4 Å². The van der Waals surface area contributed by atoms with Crippen LogP contribution in [0.3, 0.4) is 0 Å². The zero-order valence-electron chi connectivity index (χ0n) is 22.5. The number of nitrogens with zero attached hydrogens (tertiary/aromatic N) is 3. The topological polar surface area (TPSA) is 88.6 Å². The van der Waals surface area contributed by atoms with Crippen LogP contribution in [0.5, 0.6) is 5.75 Å². The van der Waals surface area contributed by atoms with Crippen LogP contribution in [-0.4, -0.2) is 30.4 Å². The molecule has 1 aromatic heterocycles. The molecule has 1 heterocycles. The number of benzene rings is 4. The van der Waals surface area contributed by atoms with Crippen molar-refractivity contribution in [1.82, 2.24) is 4.57 Å². The van der Waals surface area contributed by atoms with Crippen LogP contribution in [0.4, 0.5) is 5.82 Å². The van der Waals surface area contributed by atoms with Gasteiger partial charge in [0.05, 0.1) is 19.0 Å². The molecule has 1 amide bonds. The number of carbonyl (C=O) groups is 1. The van der Waals surface area contributed by atoms with Gasteiger partial charge in [-0.1, -0.05) is 96.2 Å². The summed E-state index contributed by atoms with van der Waals surface area (Å²) in [6, 6.07) is 39.2. The number of rotatable bonds is 10. The number of hydrogen-bond donors (Lipinski definition) is 1. The van der Waals surface area contributed by atoms with Gasteiger partial charge >= 0.3 is 0 Å². The molecular formula is C34H28N4O3. The third-order valence-corrected chi connectivity index (χ3v) is 6.51. The Morgan fingerprint density at radius 2 is 1.49 bits per heavy atom. The molecule has 202 valence electrons. The van der Waals surface area contributed by atoms with E-state index < -0.39 is 5.91 Å². The Labute approximate surface area is 238 Å². The number of methoxy groups -OCH3 is 1. The first-order valence-corrected chi connectivity index (χ1v) is 13.1. The molecule has 0 saturated heterocycles. The summed E-state index contributed by atoms with van der Waals surface area (Å²) in [7, 11) is 1.60. The van der Waals surface area contributed by atoms with Gasteiger partial charge in [-0.2, -0.15) is 5.26 Å². The van der Waals surface area contributed by atoms with Crippen molar-refractivity contribution >= 4 is 17.9 Å². The van der Waals surface area contributed by atoms with Crippen LogP contribution >= 0.6 is 0 Å². The first-order chi connectivity index (χ1) is 20.2. The number of anilines is 1. The monoisotopic (exact) mass is 540 g/mol. The second-order valence-corrected chi connectivity index (χ2v) is 9.19. The maximum atomic E-state index is 13.1. The van der Waals surface area contributed by atoms with E-state index in [2.05, 4.69) is 16.5 Å². The van der Waals surface area contributed by atoms with E-state index in [0.29, 0.717) is 17.9 Å². The van der Waals surface area contributed by atoms with E-state index in [4.69, 9.17) is 9.57 Å². The summed E-state index contributed by atoms with van der Waals surface area (Å²) in [5.74, 6) is 0.709. The highest BCUT2D eigenvalue weighted by Crippen LogP contribution is 2.42. The van der Waals surface area contributed by atoms with Crippen LogP contribution in [-0.2, 0) is 16.2 Å². The molecule has 0 fully saturated rings. The molecule has 0 atom stereocenters. The van der Waals surface area contributed by atoms with Gasteiger partial charge in [-0.3, -0.25) is 4.79 Å². The number of nitriles is 1. The van der Waals surface area contributed by atoms with E-state index in [9.17, 15) is 10.1 Å². The summed E-state index contributed by atoms with van der Waals surface area (Å²) in [4.78, 5) is 18.4. The van der Waals surface area contributed by atoms with Gasteiger partial charge in [-0.05, 0) is 46.5 Å². The highest BCUT2D eigenvalue weighted by molar-refractivity contribution is 5.98. The van der Waals surface area contributed by atoms with Crippen molar-refractivity contribution in [3.05, 3.63) is 132 Å². The molecule has 7 heteroatoms. The van der Waals surface area contributed by atoms with Crippen molar-refractivity contribution in [1.29, 1.82) is 5.26 Å². The first kappa shape index (κ1) is 27.0. The molecule has 0 bridgehead atoms. The van der Waals surface area contributed by atoms with Gasteiger partial charge in [0, 0.05) is 12.1 Å². The fraction of sp³-hybridized carbons (Fsp3) is 0.0882. The van der Waals surface area contributed by atoms with Gasteiger partial charge < -0.3 is 19.5 Å². The second-order valence-electron chi connectivity index (χ2n) is 9.19. The Morgan fingerprint density at radius 3 is 2.10 bits per heavy atom. The fourth-order valence-electron chi connectivity index (χ4n) is 4.62. The number of amides is 1. The Bertz CT molecular complexity index is 1670. The molecule has 0 aliphatic carbocycles. The van der Waals surface area contributed by atoms with Crippen LogP contribution in [0, 0.1) is 11.3 Å². The number of carbonyl (C=O) groups excluding carboxylic acids is 1. The van der Waals surface area contributed by atoms with Gasteiger partial charge in [0.2, 0.25) is 0 Å². The van der Waals surface area contributed by atoms with Crippen LogP contribution in [0.25, 0.3) is 22.4 Å². The number of nitrogens with one attached hydrogen (secondary N) is 1. The zero-order chi connectivity index (χ0) is 28.4. The van der Waals surface area contributed by atoms with E-state index in [-0.39, 0.29) is 6.61 Å². The highest BCUT2D eigenvalue weighted by Gasteiger charge is 2.26. The third kappa shape index (κ3) is 6.35. The molecule has 4 aromatic carbocycles. The Hall–Kier alpha value is -5.61. The number of hydrogen-bond acceptors (Lipinski definition) is 5. The van der Waals surface area contributed by atoms with E-state index in [1.807, 2.05) is 120 Å². The molecule has 0 aliphatic heterocycles. The maximum absolute atomic E-state index is 13.1. The molecule has 0 aliphatic rings. The average molecular weight is 541 g/mol. The SMILES string of the molecule is COc1ccc(/C=N\OCC(=O)Nc2c(C#N)c(-c3ccccc3)c(-c3ccccc3)n2Cc2ccccc2)cc1. The van der Waals surface area contributed by atoms with Gasteiger partial charge in [0.15, 0.2) is 6.61 Å². The number of oxime groups is 1. The average Bonchev–Trinajstić information content (AvgIpc) is 3.33. The smallest absolute Gasteiger partial charge is 0.266 e. The lowest BCUT2D eigenvalue weighted by molar-refractivity contribution is -0.120. The van der Waals surface area contributed by atoms with Crippen molar-refractivity contribution in [2.45, 2.75) is 6.54 Å². The van der Waals surface area contributed by atoms with Gasteiger partial charge in [0.25, 0.3) is 5.91 Å². The minimum atomic E-state index is -0.431. The lowest BCUT2D eigenvalue weighted by atomic mass is 9.98. The molecule has 0 spiro atoms. The summed E-state index contributed by atoms with van der Waals surface area (Å²) in [5.41, 5.74) is 5.61. The summed E-state index contributed by atoms with van der Waals surface area (Å²) in [5, 5.41) is 17.3. The third-order valence-electron chi connectivity index (χ3n) is 6.51. The molecule has 0 radical (unpaired) electrons. The van der Waals surface area contributed by atoms with Gasteiger partial charge in [0.1, 0.15) is 23.2 Å². The number of aromatic nitrogens is 1. The van der Waals surface area contributed by atoms with Gasteiger partial charge in [-0.25, -0.2) is 0 Å². The van der Waals surface area contributed by atoms with Crippen LogP contribution in [0.1, 0.15) is 16.7 Å². The van der Waals surface area contributed by atoms with E-state index in [0.717, 1.165) is 39.3 Å². The zero-order valence-corrected chi connectivity index (χ0v) is 22.5. The molecule has 41 heavy (non-hydrogen) atoms. The quantitative estimate of drug-likeness (QED) is 0.157. The second kappa shape index (κ2) is 13.0. The molecule has 7 nitrogen and oxygen atoms in total. The maximum Gasteiger partial charge on any atom is 0.266 e. The van der Waals surface area contributed by atoms with Crippen LogP contribution < -0.4 is 10.1 Å². The Balaban J connectivity index is 1.51. The standard InChI is InChI=1S/C34H28N4O3/c1-40-29-19-17-25(18-20-29)22-36-41-24-31(39)37-34-30(21-35)32(27-13-7-3-8-14-27)33(28-15-9-4-10-16-28)38(34)23-26-11-5-2-6-12-26/h2-20,22H,23-24H2,1H3,(H,37,39)/b36-22-. The van der Waals surface area contributed by atoms with Crippen molar-refractivity contribution in [3.63, 3.8) is 0 Å². The van der Waals surface area contributed by atoms with Crippen LogP contribution in [0.2, 0.25) is 0 Å². The minimum Gasteiger partial charge on any atom is -0.497 e. The molecule has 0 unspecified atom stereocenters. The van der Waals surface area contributed by atoms with Gasteiger partial charge in [-0.15, -0.1) is 0 Å². The number of ether oxygens (including phenoxy) is 1. The lowest BCUT2D eigenvalue weighted by Crippen LogP contribution is -2.20. The molecule has 0 saturated carbocycles. The fourth-order valence-corrected chi connectivity index (χ4v) is 4.62. The molecular weight excluding hydrogens is 512 g/mol. The lowest BCUT2D eigenvalue weighted by Gasteiger charge is -2.15. The molecule has 5 rings (SSSR count). The Morgan fingerprint density at radius 1 is 0.878 bits per heavy atom. The summed E-state index contributed by atoms with van der Waals surface area (Å²) in [6.07, 6.45) is 1.52. The highest BCUT2D eigenvalue weighted by atomic mass is 16.6. The van der Waals surface area contributed by atoms with E-state index >= 15 is 0 Å². The molecule has 5 aromatic rings. The predicted molar refractivity (Wildman–Crippen MR) is 161 cm³/mol. The Kier molecular flexibility index (Phi) is 8.53. The van der Waals surface area contributed by atoms with Crippen molar-refractivity contribution in [3.8, 4) is 34.2 Å². The van der Waals surface area contributed by atoms with Crippen molar-refractivity contribution in [2.24, 2.45) is 5.16 Å². The summed E-state index contributed by atoms with van der Waals surface area (Å²) < 4.78 is 7.15. The minimum absolute atomic E-state index is 0.324.